The summed E-state index contributed by atoms with van der Waals surface area (Å²) >= 11 is 3.46. The van der Waals surface area contributed by atoms with Gasteiger partial charge in [-0.15, -0.1) is 0 Å². The number of carbonyl (C=O) groups excluding carboxylic acids is 1. The summed E-state index contributed by atoms with van der Waals surface area (Å²) in [6.07, 6.45) is 3.78. The van der Waals surface area contributed by atoms with Crippen molar-refractivity contribution in [2.45, 2.75) is 25.9 Å². The number of hydrogen-bond donors (Lipinski definition) is 1. The molecule has 1 fully saturated rings. The van der Waals surface area contributed by atoms with E-state index >= 15 is 0 Å². The Morgan fingerprint density at radius 3 is 2.83 bits per heavy atom. The van der Waals surface area contributed by atoms with Crippen LogP contribution in [0.4, 0.5) is 0 Å². The molecule has 0 saturated carbocycles. The Labute approximate surface area is 151 Å². The number of rotatable bonds is 5. The first-order valence-electron chi connectivity index (χ1n) is 8.35. The second-order valence-electron chi connectivity index (χ2n) is 6.24. The highest BCUT2D eigenvalue weighted by Crippen LogP contribution is 2.20. The van der Waals surface area contributed by atoms with E-state index in [1.165, 1.54) is 5.56 Å². The smallest absolute Gasteiger partial charge is 0.224 e. The number of benzene rings is 1. The number of halogens is 1. The van der Waals surface area contributed by atoms with Gasteiger partial charge in [0.25, 0.3) is 0 Å². The molecule has 1 aliphatic rings. The van der Waals surface area contributed by atoms with Gasteiger partial charge in [0.15, 0.2) is 0 Å². The van der Waals surface area contributed by atoms with E-state index in [2.05, 4.69) is 55.4 Å². The zero-order chi connectivity index (χ0) is 16.8. The van der Waals surface area contributed by atoms with Crippen molar-refractivity contribution in [3.8, 4) is 0 Å². The van der Waals surface area contributed by atoms with Crippen LogP contribution in [0.25, 0.3) is 0 Å². The molecule has 1 aliphatic heterocycles. The maximum atomic E-state index is 12.4. The molecule has 126 valence electrons. The van der Waals surface area contributed by atoms with Crippen molar-refractivity contribution in [3.63, 3.8) is 0 Å². The molecular formula is C19H22BrN3O. The molecule has 3 rings (SSSR count). The fourth-order valence-electron chi connectivity index (χ4n) is 3.09. The lowest BCUT2D eigenvalue weighted by Gasteiger charge is -2.32. The molecule has 2 aromatic rings. The Bertz CT molecular complexity index is 660. The van der Waals surface area contributed by atoms with Crippen LogP contribution in [-0.4, -0.2) is 28.9 Å². The summed E-state index contributed by atoms with van der Waals surface area (Å²) in [5.74, 6) is 0.207. The Kier molecular flexibility index (Phi) is 5.99. The lowest BCUT2D eigenvalue weighted by Crippen LogP contribution is -2.42. The molecule has 0 spiro atoms. The maximum Gasteiger partial charge on any atom is 0.224 e. The Morgan fingerprint density at radius 1 is 1.25 bits per heavy atom. The summed E-state index contributed by atoms with van der Waals surface area (Å²) in [5.41, 5.74) is 2.18. The Balaban J connectivity index is 1.51. The lowest BCUT2D eigenvalue weighted by molar-refractivity contribution is -0.127. The average molecular weight is 388 g/mol. The SMILES string of the molecule is O=C(NCc1ccccn1)C1CCCN(Cc2ccc(Br)cc2)C1. The van der Waals surface area contributed by atoms with Gasteiger partial charge in [0.2, 0.25) is 5.91 Å². The van der Waals surface area contributed by atoms with Crippen LogP contribution in [0.15, 0.2) is 53.1 Å². The van der Waals surface area contributed by atoms with Crippen molar-refractivity contribution in [2.75, 3.05) is 13.1 Å². The first kappa shape index (κ1) is 17.1. The molecule has 0 bridgehead atoms. The van der Waals surface area contributed by atoms with Crippen LogP contribution < -0.4 is 5.32 Å². The number of hydrogen-bond acceptors (Lipinski definition) is 3. The second kappa shape index (κ2) is 8.40. The van der Waals surface area contributed by atoms with Crippen molar-refractivity contribution < 1.29 is 4.79 Å². The summed E-state index contributed by atoms with van der Waals surface area (Å²) in [6.45, 7) is 3.28. The van der Waals surface area contributed by atoms with Gasteiger partial charge < -0.3 is 5.32 Å². The number of amides is 1. The molecule has 1 amide bonds. The Hall–Kier alpha value is -1.72. The monoisotopic (exact) mass is 387 g/mol. The normalized spacial score (nSPS) is 18.3. The molecular weight excluding hydrogens is 366 g/mol. The third-order valence-corrected chi connectivity index (χ3v) is 4.89. The minimum atomic E-state index is 0.0675. The van der Waals surface area contributed by atoms with E-state index in [0.717, 1.165) is 42.6 Å². The van der Waals surface area contributed by atoms with Gasteiger partial charge in [0.05, 0.1) is 18.2 Å². The summed E-state index contributed by atoms with van der Waals surface area (Å²) in [5, 5.41) is 3.03. The molecule has 1 atom stereocenters. The topological polar surface area (TPSA) is 45.2 Å². The van der Waals surface area contributed by atoms with Crippen LogP contribution in [0.2, 0.25) is 0 Å². The van der Waals surface area contributed by atoms with E-state index in [1.54, 1.807) is 6.20 Å². The largest absolute Gasteiger partial charge is 0.350 e. The van der Waals surface area contributed by atoms with Crippen LogP contribution in [0, 0.1) is 5.92 Å². The predicted octanol–water partition coefficient (Wildman–Crippen LogP) is 3.37. The number of pyridine rings is 1. The summed E-state index contributed by atoms with van der Waals surface area (Å²) in [7, 11) is 0. The van der Waals surface area contributed by atoms with E-state index in [0.29, 0.717) is 6.54 Å². The van der Waals surface area contributed by atoms with E-state index in [-0.39, 0.29) is 11.8 Å². The van der Waals surface area contributed by atoms with Gasteiger partial charge in [-0.1, -0.05) is 34.1 Å². The van der Waals surface area contributed by atoms with Crippen LogP contribution in [-0.2, 0) is 17.9 Å². The average Bonchev–Trinajstić information content (AvgIpc) is 2.63. The summed E-state index contributed by atoms with van der Waals surface area (Å²) < 4.78 is 1.09. The molecule has 0 radical (unpaired) electrons. The number of nitrogens with zero attached hydrogens (tertiary/aromatic N) is 2. The lowest BCUT2D eigenvalue weighted by atomic mass is 9.96. The van der Waals surface area contributed by atoms with Gasteiger partial charge in [0.1, 0.15) is 0 Å². The van der Waals surface area contributed by atoms with E-state index in [1.807, 2.05) is 18.2 Å². The number of likely N-dealkylation sites (tertiary alicyclic amines) is 1. The molecule has 24 heavy (non-hydrogen) atoms. The van der Waals surface area contributed by atoms with Gasteiger partial charge in [-0.05, 0) is 49.2 Å². The first-order valence-corrected chi connectivity index (χ1v) is 9.14. The molecule has 1 unspecified atom stereocenters. The van der Waals surface area contributed by atoms with Crippen molar-refractivity contribution in [1.29, 1.82) is 0 Å². The van der Waals surface area contributed by atoms with Gasteiger partial charge in [-0.2, -0.15) is 0 Å². The molecule has 4 nitrogen and oxygen atoms in total. The standard InChI is InChI=1S/C19H22BrN3O/c20-17-8-6-15(7-9-17)13-23-11-3-4-16(14-23)19(24)22-12-18-5-1-2-10-21-18/h1-2,5-10,16H,3-4,11-14H2,(H,22,24). The van der Waals surface area contributed by atoms with Crippen LogP contribution in [0.1, 0.15) is 24.1 Å². The van der Waals surface area contributed by atoms with E-state index in [9.17, 15) is 4.79 Å². The van der Waals surface area contributed by atoms with Crippen molar-refractivity contribution in [1.82, 2.24) is 15.2 Å². The zero-order valence-electron chi connectivity index (χ0n) is 13.6. The third-order valence-electron chi connectivity index (χ3n) is 4.37. The molecule has 1 aromatic carbocycles. The van der Waals surface area contributed by atoms with Crippen LogP contribution >= 0.6 is 15.9 Å². The quantitative estimate of drug-likeness (QED) is 0.854. The fourth-order valence-corrected chi connectivity index (χ4v) is 3.35. The number of piperidine rings is 1. The highest BCUT2D eigenvalue weighted by Gasteiger charge is 2.25. The van der Waals surface area contributed by atoms with Crippen LogP contribution in [0.5, 0.6) is 0 Å². The maximum absolute atomic E-state index is 12.4. The number of nitrogens with one attached hydrogen (secondary N) is 1. The van der Waals surface area contributed by atoms with Crippen molar-refractivity contribution in [3.05, 3.63) is 64.4 Å². The van der Waals surface area contributed by atoms with Gasteiger partial charge >= 0.3 is 0 Å². The predicted molar refractivity (Wildman–Crippen MR) is 98.2 cm³/mol. The fraction of sp³-hybridized carbons (Fsp3) is 0.368. The van der Waals surface area contributed by atoms with Gasteiger partial charge in [-0.25, -0.2) is 0 Å². The minimum Gasteiger partial charge on any atom is -0.350 e. The van der Waals surface area contributed by atoms with Crippen molar-refractivity contribution >= 4 is 21.8 Å². The first-order chi connectivity index (χ1) is 11.7. The molecule has 1 aromatic heterocycles. The molecule has 5 heteroatoms. The molecule has 1 saturated heterocycles. The minimum absolute atomic E-state index is 0.0675. The summed E-state index contributed by atoms with van der Waals surface area (Å²) in [6, 6.07) is 14.2. The number of aromatic nitrogens is 1. The third kappa shape index (κ3) is 4.89. The van der Waals surface area contributed by atoms with Gasteiger partial charge in [-0.3, -0.25) is 14.7 Å². The zero-order valence-corrected chi connectivity index (χ0v) is 15.2. The molecule has 0 aliphatic carbocycles. The van der Waals surface area contributed by atoms with Gasteiger partial charge in [0, 0.05) is 23.8 Å². The molecule has 1 N–H and O–H groups in total. The second-order valence-corrected chi connectivity index (χ2v) is 7.16. The highest BCUT2D eigenvalue weighted by atomic mass is 79.9. The summed E-state index contributed by atoms with van der Waals surface area (Å²) in [4.78, 5) is 19.1. The highest BCUT2D eigenvalue weighted by molar-refractivity contribution is 9.10. The number of carbonyl (C=O) groups is 1. The molecule has 2 heterocycles. The van der Waals surface area contributed by atoms with E-state index in [4.69, 9.17) is 0 Å². The van der Waals surface area contributed by atoms with E-state index < -0.39 is 0 Å². The van der Waals surface area contributed by atoms with Crippen LogP contribution in [0.3, 0.4) is 0 Å². The Morgan fingerprint density at radius 2 is 2.08 bits per heavy atom. The van der Waals surface area contributed by atoms with Crippen molar-refractivity contribution in [2.24, 2.45) is 5.92 Å².